The number of nitro groups is 1. The van der Waals surface area contributed by atoms with E-state index in [1.54, 1.807) is 0 Å². The molecule has 15 heavy (non-hydrogen) atoms. The van der Waals surface area contributed by atoms with Gasteiger partial charge in [-0.3, -0.25) is 10.1 Å². The molecule has 3 nitrogen and oxygen atoms in total. The van der Waals surface area contributed by atoms with Crippen molar-refractivity contribution in [3.05, 3.63) is 51.7 Å². The molecule has 0 N–H and O–H groups in total. The molecule has 1 aromatic rings. The highest BCUT2D eigenvalue weighted by atomic mass is 16.6. The van der Waals surface area contributed by atoms with Crippen molar-refractivity contribution in [2.45, 2.75) is 26.2 Å². The molecule has 0 radical (unpaired) electrons. The number of nitrogens with zero attached hydrogens (tertiary/aromatic N) is 1. The van der Waals surface area contributed by atoms with Crippen molar-refractivity contribution in [1.29, 1.82) is 0 Å². The van der Waals surface area contributed by atoms with Gasteiger partial charge in [-0.1, -0.05) is 45.0 Å². The van der Waals surface area contributed by atoms with Gasteiger partial charge in [-0.2, -0.15) is 0 Å². The fourth-order valence-corrected chi connectivity index (χ4v) is 1.24. The predicted molar refractivity (Wildman–Crippen MR) is 61.2 cm³/mol. The Morgan fingerprint density at radius 1 is 1.20 bits per heavy atom. The van der Waals surface area contributed by atoms with E-state index in [0.717, 1.165) is 11.8 Å². The van der Waals surface area contributed by atoms with E-state index >= 15 is 0 Å². The van der Waals surface area contributed by atoms with Gasteiger partial charge in [-0.25, -0.2) is 0 Å². The van der Waals surface area contributed by atoms with Gasteiger partial charge < -0.3 is 0 Å². The molecule has 0 aliphatic heterocycles. The highest BCUT2D eigenvalue weighted by Gasteiger charge is 2.12. The SMILES string of the molecule is CC(C)(C)c1ccc(/C=C/[N+](=O)[O-])cc1. The summed E-state index contributed by atoms with van der Waals surface area (Å²) in [4.78, 5) is 9.66. The van der Waals surface area contributed by atoms with Crippen LogP contribution in [0.1, 0.15) is 31.9 Å². The molecule has 0 aliphatic rings. The van der Waals surface area contributed by atoms with Crippen LogP contribution in [0.25, 0.3) is 6.08 Å². The van der Waals surface area contributed by atoms with Crippen LogP contribution in [0.2, 0.25) is 0 Å². The van der Waals surface area contributed by atoms with E-state index in [2.05, 4.69) is 20.8 Å². The van der Waals surface area contributed by atoms with Crippen molar-refractivity contribution in [3.8, 4) is 0 Å². The maximum atomic E-state index is 10.1. The molecule has 0 atom stereocenters. The third-order valence-corrected chi connectivity index (χ3v) is 2.17. The van der Waals surface area contributed by atoms with Crippen LogP contribution in [0.4, 0.5) is 0 Å². The van der Waals surface area contributed by atoms with Crippen LogP contribution in [0.3, 0.4) is 0 Å². The second kappa shape index (κ2) is 4.26. The third kappa shape index (κ3) is 3.54. The maximum absolute atomic E-state index is 10.1. The zero-order valence-electron chi connectivity index (χ0n) is 9.23. The monoisotopic (exact) mass is 205 g/mol. The van der Waals surface area contributed by atoms with Gasteiger partial charge in [-0.05, 0) is 16.5 Å². The molecular weight excluding hydrogens is 190 g/mol. The molecule has 80 valence electrons. The second-order valence-corrected chi connectivity index (χ2v) is 4.47. The minimum Gasteiger partial charge on any atom is -0.259 e. The van der Waals surface area contributed by atoms with Gasteiger partial charge in [0.1, 0.15) is 0 Å². The zero-order valence-corrected chi connectivity index (χ0v) is 9.23. The second-order valence-electron chi connectivity index (χ2n) is 4.47. The topological polar surface area (TPSA) is 43.1 Å². The molecule has 0 amide bonds. The summed E-state index contributed by atoms with van der Waals surface area (Å²) in [6.45, 7) is 6.40. The van der Waals surface area contributed by atoms with Crippen LogP contribution in [0, 0.1) is 10.1 Å². The molecule has 1 rings (SSSR count). The normalized spacial score (nSPS) is 11.9. The molecule has 1 aromatic carbocycles. The Bertz CT molecular complexity index is 372. The first-order valence-electron chi connectivity index (χ1n) is 4.82. The first-order valence-corrected chi connectivity index (χ1v) is 4.82. The van der Waals surface area contributed by atoms with Crippen LogP contribution >= 0.6 is 0 Å². The van der Waals surface area contributed by atoms with Gasteiger partial charge >= 0.3 is 0 Å². The summed E-state index contributed by atoms with van der Waals surface area (Å²) in [6.07, 6.45) is 2.44. The summed E-state index contributed by atoms with van der Waals surface area (Å²) in [5.41, 5.74) is 2.19. The predicted octanol–water partition coefficient (Wildman–Crippen LogP) is 3.23. The van der Waals surface area contributed by atoms with Crippen molar-refractivity contribution in [3.63, 3.8) is 0 Å². The lowest BCUT2D eigenvalue weighted by atomic mass is 9.87. The average Bonchev–Trinajstić information content (AvgIpc) is 2.14. The lowest BCUT2D eigenvalue weighted by Gasteiger charge is -2.18. The molecule has 0 saturated heterocycles. The number of hydrogen-bond donors (Lipinski definition) is 0. The number of benzene rings is 1. The van der Waals surface area contributed by atoms with Crippen molar-refractivity contribution in [1.82, 2.24) is 0 Å². The van der Waals surface area contributed by atoms with Crippen molar-refractivity contribution in [2.24, 2.45) is 0 Å². The van der Waals surface area contributed by atoms with E-state index in [0.29, 0.717) is 0 Å². The van der Waals surface area contributed by atoms with Crippen LogP contribution < -0.4 is 0 Å². The maximum Gasteiger partial charge on any atom is 0.235 e. The fourth-order valence-electron chi connectivity index (χ4n) is 1.24. The summed E-state index contributed by atoms with van der Waals surface area (Å²) in [7, 11) is 0. The largest absolute Gasteiger partial charge is 0.259 e. The Hall–Kier alpha value is -1.64. The number of hydrogen-bond acceptors (Lipinski definition) is 2. The van der Waals surface area contributed by atoms with Gasteiger partial charge in [0.15, 0.2) is 0 Å². The lowest BCUT2D eigenvalue weighted by molar-refractivity contribution is -0.400. The van der Waals surface area contributed by atoms with Crippen LogP contribution in [0.15, 0.2) is 30.5 Å². The molecule has 0 aromatic heterocycles. The van der Waals surface area contributed by atoms with E-state index in [1.165, 1.54) is 11.6 Å². The first kappa shape index (κ1) is 11.4. The minimum absolute atomic E-state index is 0.116. The molecule has 3 heteroatoms. The Labute approximate surface area is 89.6 Å². The molecule has 0 bridgehead atoms. The van der Waals surface area contributed by atoms with Crippen molar-refractivity contribution >= 4 is 6.08 Å². The van der Waals surface area contributed by atoms with Gasteiger partial charge in [-0.15, -0.1) is 0 Å². The Morgan fingerprint density at radius 2 is 1.73 bits per heavy atom. The standard InChI is InChI=1S/C12H15NO2/c1-12(2,3)11-6-4-10(5-7-11)8-9-13(14)15/h4-9H,1-3H3/b9-8+. The molecule has 0 heterocycles. The third-order valence-electron chi connectivity index (χ3n) is 2.17. The van der Waals surface area contributed by atoms with Crippen molar-refractivity contribution < 1.29 is 4.92 Å². The highest BCUT2D eigenvalue weighted by Crippen LogP contribution is 2.22. The average molecular weight is 205 g/mol. The van der Waals surface area contributed by atoms with E-state index in [9.17, 15) is 10.1 Å². The highest BCUT2D eigenvalue weighted by molar-refractivity contribution is 5.49. The summed E-state index contributed by atoms with van der Waals surface area (Å²) < 4.78 is 0. The van der Waals surface area contributed by atoms with E-state index in [1.807, 2.05) is 24.3 Å². The molecule has 0 saturated carbocycles. The lowest BCUT2D eigenvalue weighted by Crippen LogP contribution is -2.10. The first-order chi connectivity index (χ1) is 6.89. The Balaban J connectivity index is 2.86. The van der Waals surface area contributed by atoms with Gasteiger partial charge in [0.2, 0.25) is 6.20 Å². The summed E-state index contributed by atoms with van der Waals surface area (Å²) in [5, 5.41) is 10.1. The Kier molecular flexibility index (Phi) is 3.24. The fraction of sp³-hybridized carbons (Fsp3) is 0.333. The van der Waals surface area contributed by atoms with Crippen LogP contribution in [-0.2, 0) is 5.41 Å². The number of rotatable bonds is 2. The smallest absolute Gasteiger partial charge is 0.235 e. The van der Waals surface area contributed by atoms with E-state index < -0.39 is 4.92 Å². The van der Waals surface area contributed by atoms with Crippen LogP contribution in [0.5, 0.6) is 0 Å². The van der Waals surface area contributed by atoms with Gasteiger partial charge in [0.05, 0.1) is 4.92 Å². The summed E-state index contributed by atoms with van der Waals surface area (Å²) in [5.74, 6) is 0. The minimum atomic E-state index is -0.461. The molecule has 0 spiro atoms. The molecule has 0 aliphatic carbocycles. The quantitative estimate of drug-likeness (QED) is 0.549. The van der Waals surface area contributed by atoms with Crippen LogP contribution in [-0.4, -0.2) is 4.92 Å². The van der Waals surface area contributed by atoms with Gasteiger partial charge in [0.25, 0.3) is 0 Å². The van der Waals surface area contributed by atoms with E-state index in [4.69, 9.17) is 0 Å². The molecule has 0 unspecified atom stereocenters. The van der Waals surface area contributed by atoms with Gasteiger partial charge in [0, 0.05) is 6.08 Å². The summed E-state index contributed by atoms with van der Waals surface area (Å²) in [6, 6.07) is 7.78. The molecular formula is C12H15NO2. The molecule has 0 fully saturated rings. The van der Waals surface area contributed by atoms with E-state index in [-0.39, 0.29) is 5.41 Å². The Morgan fingerprint density at radius 3 is 2.13 bits per heavy atom. The zero-order chi connectivity index (χ0) is 11.5. The van der Waals surface area contributed by atoms with Crippen molar-refractivity contribution in [2.75, 3.05) is 0 Å². The summed E-state index contributed by atoms with van der Waals surface area (Å²) >= 11 is 0.